The van der Waals surface area contributed by atoms with Gasteiger partial charge in [0.15, 0.2) is 0 Å². The molecule has 0 aliphatic carbocycles. The zero-order valence-electron chi connectivity index (χ0n) is 9.42. The molecule has 2 aromatic heterocycles. The Labute approximate surface area is 98.9 Å². The van der Waals surface area contributed by atoms with Crippen LogP contribution in [0.1, 0.15) is 11.3 Å². The van der Waals surface area contributed by atoms with Crippen molar-refractivity contribution < 1.29 is 4.79 Å². The number of carbonyl (C=O) groups is 1. The summed E-state index contributed by atoms with van der Waals surface area (Å²) < 4.78 is 0. The van der Waals surface area contributed by atoms with Crippen LogP contribution in [0.25, 0.3) is 0 Å². The fraction of sp³-hybridized carbons (Fsp3) is 0.154. The number of hydrogen-bond acceptors (Lipinski definition) is 3. The first-order valence-electron chi connectivity index (χ1n) is 5.45. The molecule has 1 aliphatic heterocycles. The zero-order valence-corrected chi connectivity index (χ0v) is 9.42. The molecule has 0 atom stereocenters. The molecule has 4 nitrogen and oxygen atoms in total. The molecule has 84 valence electrons. The van der Waals surface area contributed by atoms with Gasteiger partial charge in [-0.1, -0.05) is 0 Å². The van der Waals surface area contributed by atoms with Gasteiger partial charge in [0.1, 0.15) is 0 Å². The van der Waals surface area contributed by atoms with E-state index in [0.29, 0.717) is 6.42 Å². The summed E-state index contributed by atoms with van der Waals surface area (Å²) in [5.74, 6) is 0.0507. The molecule has 1 aliphatic rings. The van der Waals surface area contributed by atoms with Gasteiger partial charge in [-0.15, -0.1) is 0 Å². The van der Waals surface area contributed by atoms with Crippen molar-refractivity contribution >= 4 is 17.3 Å². The largest absolute Gasteiger partial charge is 0.277 e. The van der Waals surface area contributed by atoms with Crippen LogP contribution < -0.4 is 4.90 Å². The van der Waals surface area contributed by atoms with Crippen LogP contribution in [-0.2, 0) is 11.2 Å². The van der Waals surface area contributed by atoms with Gasteiger partial charge in [0.2, 0.25) is 5.91 Å². The summed E-state index contributed by atoms with van der Waals surface area (Å²) in [6.45, 7) is 1.97. The molecular weight excluding hydrogens is 214 g/mol. The highest BCUT2D eigenvalue weighted by Gasteiger charge is 2.30. The summed E-state index contributed by atoms with van der Waals surface area (Å²) in [6.07, 6.45) is 5.52. The normalized spacial score (nSPS) is 13.9. The summed E-state index contributed by atoms with van der Waals surface area (Å²) in [6, 6.07) is 5.66. The first kappa shape index (κ1) is 9.96. The number of amides is 1. The maximum atomic E-state index is 12.0. The Morgan fingerprint density at radius 2 is 2.12 bits per heavy atom. The average molecular weight is 225 g/mol. The van der Waals surface area contributed by atoms with Gasteiger partial charge in [-0.05, 0) is 30.7 Å². The van der Waals surface area contributed by atoms with Crippen molar-refractivity contribution in [3.05, 3.63) is 48.0 Å². The number of aryl methyl sites for hydroxylation is 1. The van der Waals surface area contributed by atoms with Crippen LogP contribution in [0.2, 0.25) is 0 Å². The fourth-order valence-corrected chi connectivity index (χ4v) is 2.08. The Bertz CT molecular complexity index is 595. The minimum atomic E-state index is 0.0507. The maximum absolute atomic E-state index is 12.0. The van der Waals surface area contributed by atoms with Crippen LogP contribution in [0.15, 0.2) is 36.8 Å². The lowest BCUT2D eigenvalue weighted by atomic mass is 10.2. The van der Waals surface area contributed by atoms with Gasteiger partial charge >= 0.3 is 0 Å². The van der Waals surface area contributed by atoms with Crippen molar-refractivity contribution in [1.29, 1.82) is 0 Å². The quantitative estimate of drug-likeness (QED) is 0.745. The third-order valence-corrected chi connectivity index (χ3v) is 2.93. The van der Waals surface area contributed by atoms with E-state index in [4.69, 9.17) is 0 Å². The third kappa shape index (κ3) is 1.49. The Kier molecular flexibility index (Phi) is 2.14. The van der Waals surface area contributed by atoms with E-state index in [1.807, 2.05) is 25.1 Å². The fourth-order valence-electron chi connectivity index (χ4n) is 2.08. The minimum absolute atomic E-state index is 0.0507. The Morgan fingerprint density at radius 1 is 1.24 bits per heavy atom. The molecule has 2 aromatic rings. The summed E-state index contributed by atoms with van der Waals surface area (Å²) in [5, 5.41) is 0. The Morgan fingerprint density at radius 3 is 2.94 bits per heavy atom. The summed E-state index contributed by atoms with van der Waals surface area (Å²) in [4.78, 5) is 22.1. The highest BCUT2D eigenvalue weighted by atomic mass is 16.2. The molecule has 0 bridgehead atoms. The number of fused-ring (bicyclic) bond motifs is 1. The van der Waals surface area contributed by atoms with Crippen LogP contribution in [-0.4, -0.2) is 15.9 Å². The van der Waals surface area contributed by atoms with Crippen molar-refractivity contribution in [2.75, 3.05) is 4.90 Å². The highest BCUT2D eigenvalue weighted by Crippen LogP contribution is 2.34. The van der Waals surface area contributed by atoms with E-state index in [-0.39, 0.29) is 5.91 Å². The van der Waals surface area contributed by atoms with Crippen LogP contribution in [0, 0.1) is 6.92 Å². The molecule has 0 saturated carbocycles. The summed E-state index contributed by atoms with van der Waals surface area (Å²) in [7, 11) is 0. The number of pyridine rings is 2. The second-order valence-corrected chi connectivity index (χ2v) is 4.04. The Balaban J connectivity index is 2.16. The van der Waals surface area contributed by atoms with Crippen molar-refractivity contribution in [3.8, 4) is 0 Å². The van der Waals surface area contributed by atoms with E-state index in [0.717, 1.165) is 22.6 Å². The van der Waals surface area contributed by atoms with Gasteiger partial charge in [0.25, 0.3) is 0 Å². The average Bonchev–Trinajstić information content (AvgIpc) is 2.66. The van der Waals surface area contributed by atoms with E-state index in [1.54, 1.807) is 23.5 Å². The van der Waals surface area contributed by atoms with Gasteiger partial charge in [-0.2, -0.15) is 0 Å². The van der Waals surface area contributed by atoms with Gasteiger partial charge in [-0.25, -0.2) is 0 Å². The Hall–Kier alpha value is -2.23. The van der Waals surface area contributed by atoms with Crippen LogP contribution in [0.3, 0.4) is 0 Å². The van der Waals surface area contributed by atoms with Gasteiger partial charge in [0, 0.05) is 12.4 Å². The lowest BCUT2D eigenvalue weighted by Gasteiger charge is -2.18. The number of aromatic nitrogens is 2. The van der Waals surface area contributed by atoms with Crippen LogP contribution >= 0.6 is 0 Å². The molecular formula is C13H11N3O. The van der Waals surface area contributed by atoms with Crippen molar-refractivity contribution in [2.24, 2.45) is 0 Å². The van der Waals surface area contributed by atoms with E-state index < -0.39 is 0 Å². The van der Waals surface area contributed by atoms with Crippen molar-refractivity contribution in [2.45, 2.75) is 13.3 Å². The minimum Gasteiger partial charge on any atom is -0.277 e. The highest BCUT2D eigenvalue weighted by molar-refractivity contribution is 6.07. The molecule has 4 heteroatoms. The monoisotopic (exact) mass is 225 g/mol. The predicted octanol–water partition coefficient (Wildman–Crippen LogP) is 2.01. The lowest BCUT2D eigenvalue weighted by Crippen LogP contribution is -2.21. The maximum Gasteiger partial charge on any atom is 0.237 e. The van der Waals surface area contributed by atoms with Gasteiger partial charge in [0.05, 0.1) is 29.7 Å². The van der Waals surface area contributed by atoms with E-state index in [9.17, 15) is 4.79 Å². The topological polar surface area (TPSA) is 46.1 Å². The first-order chi connectivity index (χ1) is 8.27. The van der Waals surface area contributed by atoms with E-state index in [1.165, 1.54) is 0 Å². The molecule has 0 saturated heterocycles. The standard InChI is InChI=1S/C13H11N3O/c1-9-4-6-14-8-12(9)16-11-3-2-5-15-10(11)7-13(16)17/h2-6,8H,7H2,1H3. The predicted molar refractivity (Wildman–Crippen MR) is 64.1 cm³/mol. The smallest absolute Gasteiger partial charge is 0.237 e. The molecule has 3 rings (SSSR count). The second-order valence-electron chi connectivity index (χ2n) is 4.04. The number of rotatable bonds is 1. The molecule has 0 radical (unpaired) electrons. The molecule has 0 unspecified atom stereocenters. The van der Waals surface area contributed by atoms with E-state index in [2.05, 4.69) is 9.97 Å². The SMILES string of the molecule is Cc1ccncc1N1C(=O)Cc2ncccc21. The number of nitrogens with zero attached hydrogens (tertiary/aromatic N) is 3. The van der Waals surface area contributed by atoms with Crippen molar-refractivity contribution in [1.82, 2.24) is 9.97 Å². The molecule has 17 heavy (non-hydrogen) atoms. The van der Waals surface area contributed by atoms with E-state index >= 15 is 0 Å². The molecule has 1 amide bonds. The zero-order chi connectivity index (χ0) is 11.8. The van der Waals surface area contributed by atoms with Crippen LogP contribution in [0.4, 0.5) is 11.4 Å². The third-order valence-electron chi connectivity index (χ3n) is 2.93. The molecule has 0 aromatic carbocycles. The van der Waals surface area contributed by atoms with Crippen molar-refractivity contribution in [3.63, 3.8) is 0 Å². The molecule has 3 heterocycles. The molecule has 0 N–H and O–H groups in total. The van der Waals surface area contributed by atoms with Crippen LogP contribution in [0.5, 0.6) is 0 Å². The van der Waals surface area contributed by atoms with Gasteiger partial charge in [-0.3, -0.25) is 19.7 Å². The van der Waals surface area contributed by atoms with Gasteiger partial charge < -0.3 is 0 Å². The number of carbonyl (C=O) groups excluding carboxylic acids is 1. The summed E-state index contributed by atoms with van der Waals surface area (Å²) in [5.41, 5.74) is 3.57. The first-order valence-corrected chi connectivity index (χ1v) is 5.45. The second kappa shape index (κ2) is 3.66. The number of hydrogen-bond donors (Lipinski definition) is 0. The lowest BCUT2D eigenvalue weighted by molar-refractivity contribution is -0.116. The molecule has 0 spiro atoms. The summed E-state index contributed by atoms with van der Waals surface area (Å²) >= 11 is 0. The molecule has 0 fully saturated rings. The number of anilines is 2.